The predicted octanol–water partition coefficient (Wildman–Crippen LogP) is 18.5. The summed E-state index contributed by atoms with van der Waals surface area (Å²) in [6.45, 7) is 14.4. The lowest BCUT2D eigenvalue weighted by Gasteiger charge is -2.52. The average molecular weight is 2110 g/mol. The van der Waals surface area contributed by atoms with Gasteiger partial charge in [0.2, 0.25) is 0 Å². The molecule has 142 heavy (non-hydrogen) atoms. The first kappa shape index (κ1) is 105. The van der Waals surface area contributed by atoms with Crippen molar-refractivity contribution < 1.29 is 104 Å². The summed E-state index contributed by atoms with van der Waals surface area (Å²) in [4.78, 5) is 66.1. The number of rotatable bonds is 40. The second-order valence-corrected chi connectivity index (χ2v) is 48.8. The van der Waals surface area contributed by atoms with Gasteiger partial charge in [0.1, 0.15) is 97.9 Å². The number of aryl methyl sites for hydroxylation is 1. The summed E-state index contributed by atoms with van der Waals surface area (Å²) < 4.78 is 125. The summed E-state index contributed by atoms with van der Waals surface area (Å²) in [7, 11) is -7.29. The van der Waals surface area contributed by atoms with Crippen LogP contribution in [0.3, 0.4) is 0 Å². The fourth-order valence-corrected chi connectivity index (χ4v) is 29.3. The van der Waals surface area contributed by atoms with E-state index in [1.54, 1.807) is 60.7 Å². The number of nitrogens with zero attached hydrogens (tertiary/aromatic N) is 6. The maximum Gasteiger partial charge on any atom is 0.338 e. The Morgan fingerprint density at radius 2 is 0.690 bits per heavy atom. The summed E-state index contributed by atoms with van der Waals surface area (Å²) in [6, 6.07) is 93.6. The molecule has 0 amide bonds. The summed E-state index contributed by atoms with van der Waals surface area (Å²) >= 11 is 8.42. The number of carbonyl (C=O) groups excluding carboxylic acids is 4. The Morgan fingerprint density at radius 3 is 1.09 bits per heavy atom. The lowest BCUT2D eigenvalue weighted by molar-refractivity contribution is -0.376. The van der Waals surface area contributed by atoms with E-state index in [-0.39, 0.29) is 44.2 Å². The second kappa shape index (κ2) is 49.6. The van der Waals surface area contributed by atoms with Gasteiger partial charge in [-0.2, -0.15) is 0 Å². The Hall–Kier alpha value is -10.9. The van der Waals surface area contributed by atoms with E-state index in [2.05, 4.69) is 93.5 Å². The highest BCUT2D eigenvalue weighted by atomic mass is 79.9. The molecule has 0 spiro atoms. The van der Waals surface area contributed by atoms with Crippen molar-refractivity contribution in [1.82, 2.24) is 0 Å². The topological polar surface area (TPSA) is 343 Å². The van der Waals surface area contributed by atoms with Gasteiger partial charge in [-0.1, -0.05) is 356 Å². The Bertz CT molecular complexity index is 5910. The van der Waals surface area contributed by atoms with Crippen molar-refractivity contribution in [2.75, 3.05) is 26.4 Å². The summed E-state index contributed by atoms with van der Waals surface area (Å²) in [6.07, 6.45) is -27.4. The zero-order valence-electron chi connectivity index (χ0n) is 80.1. The molecular formula is C109H116Br2N6O22SSi2. The van der Waals surface area contributed by atoms with Crippen molar-refractivity contribution >= 4 is 105 Å². The van der Waals surface area contributed by atoms with Gasteiger partial charge in [0.15, 0.2) is 31.1 Å². The van der Waals surface area contributed by atoms with Crippen LogP contribution in [0.1, 0.15) is 104 Å². The molecule has 4 fully saturated rings. The number of ether oxygens (including phenoxy) is 15. The molecule has 0 bridgehead atoms. The first-order valence-electron chi connectivity index (χ1n) is 47.1. The average Bonchev–Trinajstić information content (AvgIpc) is 0.739. The summed E-state index contributed by atoms with van der Waals surface area (Å²) in [5.41, 5.74) is 25.2. The van der Waals surface area contributed by atoms with Crippen molar-refractivity contribution in [3.05, 3.63) is 384 Å². The molecule has 4 aliphatic rings. The molecule has 4 heterocycles. The van der Waals surface area contributed by atoms with Crippen LogP contribution >= 0.6 is 43.6 Å². The summed E-state index contributed by atoms with van der Waals surface area (Å²) in [5, 5.41) is 24.5. The number of halogens is 2. The first-order valence-corrected chi connectivity index (χ1v) is 53.4. The molecule has 20 atom stereocenters. The molecule has 33 heteroatoms. The van der Waals surface area contributed by atoms with Crippen LogP contribution in [0.2, 0.25) is 10.1 Å². The molecule has 4 aliphatic heterocycles. The molecule has 11 aromatic rings. The summed E-state index contributed by atoms with van der Waals surface area (Å²) in [5.74, 6) is -3.13. The molecule has 0 saturated carbocycles. The van der Waals surface area contributed by atoms with Crippen LogP contribution in [-0.2, 0) is 116 Å². The third-order valence-electron chi connectivity index (χ3n) is 25.4. The monoisotopic (exact) mass is 2110 g/mol. The van der Waals surface area contributed by atoms with E-state index in [1.807, 2.05) is 262 Å². The molecule has 1 N–H and O–H groups in total. The number of aliphatic hydroxyl groups is 1. The van der Waals surface area contributed by atoms with Gasteiger partial charge in [0, 0.05) is 37.5 Å². The number of azide groups is 2. The zero-order chi connectivity index (χ0) is 99.9. The number of benzene rings is 11. The maximum atomic E-state index is 15.9. The molecule has 28 nitrogen and oxygen atoms in total. The van der Waals surface area contributed by atoms with Gasteiger partial charge in [-0.25, -0.2) is 9.59 Å². The van der Waals surface area contributed by atoms with E-state index in [4.69, 9.17) is 79.9 Å². The standard InChI is InChI=1S/C109H116Br2N6O22SSi2/c1-70-50-60-81(61-51-70)140-107-101(136-103(122)78-40-24-13-25-41-78)99(128-63-74-36-20-11-21-37-74)95(88(134-107)67-124-72(3)119)138-105-91(115-117-113)97(126-65-76-54-58-80(111)59-55-76)93(89(132-105)69-130-142(109(7,8)9,84-46-30-16-31-47-84)85-48-32-17-33-49-85)139-106-100(135-102(121)77-38-22-12-23-39-77)98(127-62-73-34-18-10-19-35-73)94(87(133-106)66-123-71(2)118)137-104-90(114-116-112)96(125-64-75-52-56-79(110)57-53-75)92(120)86(131-104)68-129-141(108(4,5)6,82-42-26-14-27-43-82)83-44-28-15-29-45-83/h10-61,86-101,104-107,120H,62-69H2,1-9H3/t86-,87+,88-,89-,90-,91-,92-,93-,94-,95-,96-,97-,98+,99+,100-,101-,104-,105-,106+,107+/m1/s1. The van der Waals surface area contributed by atoms with Crippen molar-refractivity contribution in [3.63, 3.8) is 0 Å². The minimum atomic E-state index is -3.79. The van der Waals surface area contributed by atoms with Crippen LogP contribution in [0.25, 0.3) is 20.9 Å². The van der Waals surface area contributed by atoms with Gasteiger partial charge < -0.3 is 85.0 Å². The quantitative estimate of drug-likeness (QED) is 0.00931. The largest absolute Gasteiger partial charge is 0.463 e. The van der Waals surface area contributed by atoms with E-state index in [0.29, 0.717) is 27.1 Å². The van der Waals surface area contributed by atoms with Gasteiger partial charge in [-0.15, -0.1) is 0 Å². The Morgan fingerprint density at radius 1 is 0.373 bits per heavy atom. The molecule has 4 saturated heterocycles. The SMILES string of the molecule is CC(=O)OC[C@@H]1O[C@@H](O[C@H]2[C@H](OCc3ccc(Br)cc3)[C@@H](N=[N+]=[N-])[C@@H](O[C@H]3[C@H](OCc4ccccc4)[C@@H](OC(=O)c4ccccc4)[C@H](Sc4ccc(C)cc4)O[C@@H]3COC(C)=O)O[C@@H]2CO[Si](c2ccccc2)(c2ccccc2)C(C)(C)C)[C@H](OC(=O)c2ccccc2)[C@@H](OCc2ccccc2)[C@@H]1O[C@H]1O[C@H](CO[Si](c2ccccc2)(c2ccccc2)C(C)(C)C)[C@@H](O)[C@H](OCc2ccc(Br)cc2)[C@H]1N=[N+]=[N-]. The highest BCUT2D eigenvalue weighted by molar-refractivity contribution is 9.10. The van der Waals surface area contributed by atoms with Crippen LogP contribution in [0.5, 0.6) is 0 Å². The van der Waals surface area contributed by atoms with Crippen LogP contribution in [-0.4, -0.2) is 194 Å². The van der Waals surface area contributed by atoms with Crippen molar-refractivity contribution in [2.24, 2.45) is 10.2 Å². The molecule has 0 aliphatic carbocycles. The van der Waals surface area contributed by atoms with Gasteiger partial charge in [-0.05, 0) is 132 Å². The van der Waals surface area contributed by atoms with Crippen molar-refractivity contribution in [3.8, 4) is 0 Å². The zero-order valence-corrected chi connectivity index (χ0v) is 86.1. The minimum absolute atomic E-state index is 0.0590. The number of hydrogen-bond acceptors (Lipinski definition) is 25. The fraction of sp³-hybridized carbons (Fsp3) is 0.358. The lowest BCUT2D eigenvalue weighted by atomic mass is 9.94. The minimum Gasteiger partial charge on any atom is -0.463 e. The highest BCUT2D eigenvalue weighted by Gasteiger charge is 2.62. The maximum absolute atomic E-state index is 15.9. The normalized spacial score (nSPS) is 24.7. The van der Waals surface area contributed by atoms with E-state index < -0.39 is 192 Å². The Balaban J connectivity index is 0.915. The van der Waals surface area contributed by atoms with Gasteiger partial charge in [0.25, 0.3) is 16.6 Å². The van der Waals surface area contributed by atoms with Crippen LogP contribution < -0.4 is 20.7 Å². The van der Waals surface area contributed by atoms with Crippen LogP contribution in [0, 0.1) is 6.92 Å². The van der Waals surface area contributed by atoms with Crippen molar-refractivity contribution in [1.29, 1.82) is 0 Å². The van der Waals surface area contributed by atoms with E-state index in [1.165, 1.54) is 25.6 Å². The molecule has 742 valence electrons. The number of thioether (sulfide) groups is 1. The predicted molar refractivity (Wildman–Crippen MR) is 545 cm³/mol. The molecule has 0 aromatic heterocycles. The second-order valence-electron chi connectivity index (χ2n) is 37.1. The molecule has 0 radical (unpaired) electrons. The number of aliphatic hydroxyl groups excluding tert-OH is 1. The van der Waals surface area contributed by atoms with E-state index in [9.17, 15) is 25.8 Å². The number of hydrogen-bond donors (Lipinski definition) is 1. The molecule has 11 aromatic carbocycles. The van der Waals surface area contributed by atoms with Gasteiger partial charge in [0.05, 0.1) is 56.9 Å². The molecule has 0 unspecified atom stereocenters. The van der Waals surface area contributed by atoms with Gasteiger partial charge >= 0.3 is 23.9 Å². The Labute approximate surface area is 849 Å². The molecule has 15 rings (SSSR count). The highest BCUT2D eigenvalue weighted by Crippen LogP contribution is 2.46. The lowest BCUT2D eigenvalue weighted by Crippen LogP contribution is -2.70. The van der Waals surface area contributed by atoms with E-state index >= 15 is 9.59 Å². The van der Waals surface area contributed by atoms with Crippen LogP contribution in [0.15, 0.2) is 340 Å². The fourth-order valence-electron chi connectivity index (χ4n) is 18.6. The van der Waals surface area contributed by atoms with Crippen molar-refractivity contribution in [2.45, 2.75) is 226 Å². The molecular weight excluding hydrogens is 1990 g/mol. The smallest absolute Gasteiger partial charge is 0.338 e. The first-order chi connectivity index (χ1) is 68.7. The Kier molecular flexibility index (Phi) is 36.8. The number of carbonyl (C=O) groups is 4. The van der Waals surface area contributed by atoms with E-state index in [0.717, 1.165) is 35.3 Å². The third-order valence-corrected chi connectivity index (χ3v) is 37.6. The van der Waals surface area contributed by atoms with Gasteiger partial charge in [-0.3, -0.25) is 9.59 Å². The van der Waals surface area contributed by atoms with Crippen LogP contribution in [0.4, 0.5) is 0 Å². The third kappa shape index (κ3) is 26.1. The number of esters is 4.